The first-order valence-corrected chi connectivity index (χ1v) is 11.8. The van der Waals surface area contributed by atoms with Crippen molar-refractivity contribution in [1.29, 1.82) is 0 Å². The Morgan fingerprint density at radius 3 is 2.47 bits per heavy atom. The molecular formula is C27H35NO4. The molecule has 0 aliphatic carbocycles. The van der Waals surface area contributed by atoms with Gasteiger partial charge in [0.25, 0.3) is 0 Å². The second-order valence-electron chi connectivity index (χ2n) is 8.45. The van der Waals surface area contributed by atoms with Gasteiger partial charge < -0.3 is 19.2 Å². The number of benzene rings is 2. The minimum atomic E-state index is -0.0259. The summed E-state index contributed by atoms with van der Waals surface area (Å²) in [5.41, 5.74) is 3.10. The summed E-state index contributed by atoms with van der Waals surface area (Å²) in [6.07, 6.45) is 8.27. The molecule has 1 heterocycles. The number of amides is 1. The number of ether oxygens (including phenoxy) is 2. The van der Waals surface area contributed by atoms with Gasteiger partial charge in [0.2, 0.25) is 5.91 Å². The fourth-order valence-electron chi connectivity index (χ4n) is 4.30. The molecule has 172 valence electrons. The predicted octanol–water partition coefficient (Wildman–Crippen LogP) is 6.01. The molecule has 1 aliphatic rings. The molecule has 2 aromatic rings. The Morgan fingerprint density at radius 1 is 1.06 bits per heavy atom. The summed E-state index contributed by atoms with van der Waals surface area (Å²) in [6.45, 7) is 2.75. The minimum absolute atomic E-state index is 0.00283. The number of rotatable bonds is 13. The molecule has 3 rings (SSSR count). The highest BCUT2D eigenvalue weighted by Crippen LogP contribution is 2.31. The lowest BCUT2D eigenvalue weighted by molar-refractivity contribution is -0.117. The first-order valence-electron chi connectivity index (χ1n) is 11.8. The van der Waals surface area contributed by atoms with Crippen molar-refractivity contribution in [3.05, 3.63) is 59.7 Å². The van der Waals surface area contributed by atoms with Gasteiger partial charge in [-0.05, 0) is 48.2 Å². The zero-order valence-corrected chi connectivity index (χ0v) is 19.3. The Hall–Kier alpha value is -2.66. The van der Waals surface area contributed by atoms with Gasteiger partial charge in [-0.15, -0.1) is 0 Å². The van der Waals surface area contributed by atoms with Gasteiger partial charge in [0.15, 0.2) is 0 Å². The molecule has 1 fully saturated rings. The lowest BCUT2D eigenvalue weighted by atomic mass is 10.0. The zero-order chi connectivity index (χ0) is 22.8. The molecule has 2 aromatic carbocycles. The Morgan fingerprint density at radius 2 is 1.81 bits per heavy atom. The van der Waals surface area contributed by atoms with Crippen LogP contribution in [0.5, 0.6) is 5.75 Å². The molecule has 0 spiro atoms. The van der Waals surface area contributed by atoms with Crippen LogP contribution in [0.15, 0.2) is 48.5 Å². The van der Waals surface area contributed by atoms with Crippen molar-refractivity contribution in [2.45, 2.75) is 77.0 Å². The van der Waals surface area contributed by atoms with Gasteiger partial charge in [0.05, 0.1) is 19.8 Å². The van der Waals surface area contributed by atoms with Crippen LogP contribution >= 0.6 is 0 Å². The largest absolute Gasteiger partial charge is 0.497 e. The molecule has 1 amide bonds. The van der Waals surface area contributed by atoms with E-state index in [1.54, 1.807) is 12.0 Å². The standard InChI is InChI=1S/C27H35NO4/c1-3-4-5-6-7-26(32-20-21-8-15-25(31-2)16-9-21)22-10-12-23(13-11-22)28-24(18-19-29)14-17-27(28)30/h8-13,15-16,19,24,26H,3-7,14,17-18,20H2,1-2H3/t24-,26?/m1/s1. The van der Waals surface area contributed by atoms with Crippen LogP contribution in [0.3, 0.4) is 0 Å². The van der Waals surface area contributed by atoms with Crippen molar-refractivity contribution < 1.29 is 19.1 Å². The van der Waals surface area contributed by atoms with E-state index < -0.39 is 0 Å². The summed E-state index contributed by atoms with van der Waals surface area (Å²) in [5.74, 6) is 0.932. The van der Waals surface area contributed by atoms with E-state index in [2.05, 4.69) is 19.1 Å². The van der Waals surface area contributed by atoms with Gasteiger partial charge in [-0.25, -0.2) is 0 Å². The zero-order valence-electron chi connectivity index (χ0n) is 19.3. The van der Waals surface area contributed by atoms with Crippen LogP contribution in [0, 0.1) is 0 Å². The van der Waals surface area contributed by atoms with Crippen LogP contribution in [0.25, 0.3) is 0 Å². The number of hydrogen-bond donors (Lipinski definition) is 0. The Labute approximate surface area is 191 Å². The first kappa shape index (κ1) is 24.0. The maximum atomic E-state index is 12.4. The second-order valence-corrected chi connectivity index (χ2v) is 8.45. The molecule has 5 heteroatoms. The van der Waals surface area contributed by atoms with Gasteiger partial charge in [0.1, 0.15) is 12.0 Å². The summed E-state index contributed by atoms with van der Waals surface area (Å²) < 4.78 is 11.6. The second kappa shape index (κ2) is 12.4. The normalized spacial score (nSPS) is 16.9. The van der Waals surface area contributed by atoms with Crippen LogP contribution in [-0.2, 0) is 20.9 Å². The molecule has 5 nitrogen and oxygen atoms in total. The quantitative estimate of drug-likeness (QED) is 0.284. The number of carbonyl (C=O) groups is 2. The smallest absolute Gasteiger partial charge is 0.227 e. The monoisotopic (exact) mass is 437 g/mol. The van der Waals surface area contributed by atoms with Crippen molar-refractivity contribution in [3.63, 3.8) is 0 Å². The van der Waals surface area contributed by atoms with Gasteiger partial charge >= 0.3 is 0 Å². The van der Waals surface area contributed by atoms with Crippen LogP contribution < -0.4 is 9.64 Å². The van der Waals surface area contributed by atoms with Gasteiger partial charge in [-0.2, -0.15) is 0 Å². The average Bonchev–Trinajstić information content (AvgIpc) is 3.19. The maximum Gasteiger partial charge on any atom is 0.227 e. The first-order chi connectivity index (χ1) is 15.7. The molecule has 0 N–H and O–H groups in total. The van der Waals surface area contributed by atoms with Crippen molar-refractivity contribution in [1.82, 2.24) is 0 Å². The van der Waals surface area contributed by atoms with Crippen LogP contribution in [-0.4, -0.2) is 25.3 Å². The topological polar surface area (TPSA) is 55.8 Å². The van der Waals surface area contributed by atoms with Crippen molar-refractivity contribution in [3.8, 4) is 5.75 Å². The molecule has 1 saturated heterocycles. The Kier molecular flexibility index (Phi) is 9.29. The summed E-state index contributed by atoms with van der Waals surface area (Å²) in [6, 6.07) is 16.1. The highest BCUT2D eigenvalue weighted by atomic mass is 16.5. The van der Waals surface area contributed by atoms with Crippen LogP contribution in [0.2, 0.25) is 0 Å². The van der Waals surface area contributed by atoms with E-state index in [0.29, 0.717) is 19.4 Å². The molecule has 0 radical (unpaired) electrons. The van der Waals surface area contributed by atoms with E-state index in [9.17, 15) is 9.59 Å². The van der Waals surface area contributed by atoms with Crippen molar-refractivity contribution in [2.24, 2.45) is 0 Å². The Bertz CT molecular complexity index is 847. The predicted molar refractivity (Wildman–Crippen MR) is 127 cm³/mol. The number of nitrogens with zero attached hydrogens (tertiary/aromatic N) is 1. The molecule has 1 aliphatic heterocycles. The SMILES string of the molecule is CCCCCCC(OCc1ccc(OC)cc1)c1ccc(N2C(=O)CC[C@@H]2CC=O)cc1. The third-order valence-electron chi connectivity index (χ3n) is 6.17. The summed E-state index contributed by atoms with van der Waals surface area (Å²) in [7, 11) is 1.67. The number of unbranched alkanes of at least 4 members (excludes halogenated alkanes) is 3. The van der Waals surface area contributed by atoms with Crippen molar-refractivity contribution in [2.75, 3.05) is 12.0 Å². The average molecular weight is 438 g/mol. The molecule has 1 unspecified atom stereocenters. The highest BCUT2D eigenvalue weighted by molar-refractivity contribution is 5.96. The molecule has 0 bridgehead atoms. The lowest BCUT2D eigenvalue weighted by Crippen LogP contribution is -2.33. The van der Waals surface area contributed by atoms with E-state index in [1.165, 1.54) is 19.3 Å². The van der Waals surface area contributed by atoms with Crippen LogP contribution in [0.4, 0.5) is 5.69 Å². The summed E-state index contributed by atoms with van der Waals surface area (Å²) in [5, 5.41) is 0. The molecule has 0 saturated carbocycles. The van der Waals surface area contributed by atoms with E-state index in [0.717, 1.165) is 48.1 Å². The fourth-order valence-corrected chi connectivity index (χ4v) is 4.30. The Balaban J connectivity index is 1.69. The van der Waals surface area contributed by atoms with Crippen LogP contribution in [0.1, 0.15) is 75.5 Å². The third-order valence-corrected chi connectivity index (χ3v) is 6.17. The third kappa shape index (κ3) is 6.42. The molecular weight excluding hydrogens is 402 g/mol. The molecule has 32 heavy (non-hydrogen) atoms. The van der Waals surface area contributed by atoms with Gasteiger partial charge in [0, 0.05) is 24.6 Å². The molecule has 2 atom stereocenters. The maximum absolute atomic E-state index is 12.4. The number of methoxy groups -OCH3 is 1. The van der Waals surface area contributed by atoms with E-state index in [-0.39, 0.29) is 18.1 Å². The minimum Gasteiger partial charge on any atom is -0.497 e. The number of carbonyl (C=O) groups excluding carboxylic acids is 2. The van der Waals surface area contributed by atoms with E-state index in [1.807, 2.05) is 36.4 Å². The van der Waals surface area contributed by atoms with Gasteiger partial charge in [-0.1, -0.05) is 56.9 Å². The van der Waals surface area contributed by atoms with E-state index >= 15 is 0 Å². The van der Waals surface area contributed by atoms with Gasteiger partial charge in [-0.3, -0.25) is 4.79 Å². The molecule has 0 aromatic heterocycles. The number of hydrogen-bond acceptors (Lipinski definition) is 4. The van der Waals surface area contributed by atoms with E-state index in [4.69, 9.17) is 9.47 Å². The summed E-state index contributed by atoms with van der Waals surface area (Å²) >= 11 is 0. The number of aldehydes is 1. The van der Waals surface area contributed by atoms with Crippen molar-refractivity contribution >= 4 is 17.9 Å². The lowest BCUT2D eigenvalue weighted by Gasteiger charge is -2.25. The number of anilines is 1. The highest BCUT2D eigenvalue weighted by Gasteiger charge is 2.31. The fraction of sp³-hybridized carbons (Fsp3) is 0.481. The summed E-state index contributed by atoms with van der Waals surface area (Å²) in [4.78, 5) is 25.1.